The molecule has 7 heteroatoms. The van der Waals surface area contributed by atoms with Gasteiger partial charge in [0.2, 0.25) is 0 Å². The average molecular weight is 311 g/mol. The maximum atomic E-state index is 11.3. The second kappa shape index (κ2) is 6.25. The Morgan fingerprint density at radius 1 is 1.29 bits per heavy atom. The van der Waals surface area contributed by atoms with Crippen molar-refractivity contribution in [1.82, 2.24) is 14.9 Å². The number of aromatic nitrogens is 2. The lowest BCUT2D eigenvalue weighted by molar-refractivity contribution is 0.0209. The largest absolute Gasteiger partial charge is 0.379 e. The van der Waals surface area contributed by atoms with E-state index in [1.54, 1.807) is 6.92 Å². The van der Waals surface area contributed by atoms with Gasteiger partial charge in [0.15, 0.2) is 6.29 Å². The van der Waals surface area contributed by atoms with E-state index in [1.807, 2.05) is 0 Å². The van der Waals surface area contributed by atoms with E-state index in [0.717, 1.165) is 52.1 Å². The van der Waals surface area contributed by atoms with Crippen LogP contribution < -0.4 is 4.90 Å². The quantitative estimate of drug-likeness (QED) is 0.617. The fraction of sp³-hybridized carbons (Fsp3) is 0.643. The van der Waals surface area contributed by atoms with Gasteiger partial charge >= 0.3 is 0 Å². The molecule has 2 saturated heterocycles. The molecule has 0 spiro atoms. The molecule has 0 saturated carbocycles. The highest BCUT2D eigenvalue weighted by atomic mass is 35.5. The van der Waals surface area contributed by atoms with E-state index in [0.29, 0.717) is 23.2 Å². The molecule has 6 nitrogen and oxygen atoms in total. The number of aryl methyl sites for hydroxylation is 1. The lowest BCUT2D eigenvalue weighted by Crippen LogP contribution is -2.44. The minimum absolute atomic E-state index is 0.238. The van der Waals surface area contributed by atoms with Gasteiger partial charge in [-0.15, -0.1) is 0 Å². The first-order valence-electron chi connectivity index (χ1n) is 7.25. The molecule has 0 radical (unpaired) electrons. The van der Waals surface area contributed by atoms with E-state index >= 15 is 0 Å². The summed E-state index contributed by atoms with van der Waals surface area (Å²) in [5.41, 5.74) is 0.393. The van der Waals surface area contributed by atoms with Crippen molar-refractivity contribution in [1.29, 1.82) is 0 Å². The zero-order valence-corrected chi connectivity index (χ0v) is 12.8. The normalized spacial score (nSPS) is 23.5. The number of rotatable bonds is 3. The van der Waals surface area contributed by atoms with Crippen molar-refractivity contribution in [3.05, 3.63) is 16.5 Å². The summed E-state index contributed by atoms with van der Waals surface area (Å²) >= 11 is 6.06. The standard InChI is InChI=1S/C14H19ClN4O2/c1-10-16-13(15)12(9-20)14(17-10)19-3-2-11(8-19)18-4-6-21-7-5-18/h9,11H,2-8H2,1H3. The van der Waals surface area contributed by atoms with Crippen LogP contribution in [0.5, 0.6) is 0 Å². The SMILES string of the molecule is Cc1nc(Cl)c(C=O)c(N2CCC(N3CCOCC3)C2)n1. The zero-order chi connectivity index (χ0) is 14.8. The monoisotopic (exact) mass is 310 g/mol. The van der Waals surface area contributed by atoms with Gasteiger partial charge < -0.3 is 9.64 Å². The molecule has 0 aliphatic carbocycles. The van der Waals surface area contributed by atoms with E-state index in [-0.39, 0.29) is 5.15 Å². The van der Waals surface area contributed by atoms with Crippen molar-refractivity contribution < 1.29 is 9.53 Å². The van der Waals surface area contributed by atoms with Crippen LogP contribution in [0.1, 0.15) is 22.6 Å². The van der Waals surface area contributed by atoms with E-state index in [4.69, 9.17) is 16.3 Å². The van der Waals surface area contributed by atoms with Crippen LogP contribution in [0.2, 0.25) is 5.15 Å². The van der Waals surface area contributed by atoms with E-state index in [9.17, 15) is 4.79 Å². The number of carbonyl (C=O) groups excluding carboxylic acids is 1. The fourth-order valence-electron chi connectivity index (χ4n) is 3.05. The highest BCUT2D eigenvalue weighted by Crippen LogP contribution is 2.27. The van der Waals surface area contributed by atoms with Crippen molar-refractivity contribution in [2.45, 2.75) is 19.4 Å². The van der Waals surface area contributed by atoms with Crippen LogP contribution in [-0.4, -0.2) is 66.6 Å². The number of nitrogens with zero attached hydrogens (tertiary/aromatic N) is 4. The summed E-state index contributed by atoms with van der Waals surface area (Å²) in [5, 5.41) is 0.238. The van der Waals surface area contributed by atoms with Crippen LogP contribution in [-0.2, 0) is 4.74 Å². The molecule has 3 rings (SSSR count). The van der Waals surface area contributed by atoms with Gasteiger partial charge in [0.05, 0.1) is 18.8 Å². The Morgan fingerprint density at radius 3 is 2.76 bits per heavy atom. The number of morpholine rings is 1. The van der Waals surface area contributed by atoms with Crippen molar-refractivity contribution in [2.24, 2.45) is 0 Å². The predicted octanol–water partition coefficient (Wildman–Crippen LogP) is 1.16. The molecule has 2 aliphatic heterocycles. The topological polar surface area (TPSA) is 58.6 Å². The maximum absolute atomic E-state index is 11.3. The lowest BCUT2D eigenvalue weighted by Gasteiger charge is -2.32. The number of halogens is 1. The van der Waals surface area contributed by atoms with Crippen LogP contribution in [0.4, 0.5) is 5.82 Å². The van der Waals surface area contributed by atoms with Gasteiger partial charge in [-0.2, -0.15) is 0 Å². The molecule has 0 aromatic carbocycles. The fourth-order valence-corrected chi connectivity index (χ4v) is 3.30. The second-order valence-electron chi connectivity index (χ2n) is 5.45. The Labute approximate surface area is 129 Å². The lowest BCUT2D eigenvalue weighted by atomic mass is 10.2. The number of hydrogen-bond donors (Lipinski definition) is 0. The Morgan fingerprint density at radius 2 is 2.05 bits per heavy atom. The van der Waals surface area contributed by atoms with Gasteiger partial charge in [0.1, 0.15) is 16.8 Å². The molecular formula is C14H19ClN4O2. The first kappa shape index (κ1) is 14.7. The number of carbonyl (C=O) groups is 1. The van der Waals surface area contributed by atoms with Gasteiger partial charge in [-0.05, 0) is 13.3 Å². The number of aldehydes is 1. The summed E-state index contributed by atoms with van der Waals surface area (Å²) in [7, 11) is 0. The van der Waals surface area contributed by atoms with E-state index < -0.39 is 0 Å². The number of ether oxygens (including phenoxy) is 1. The highest BCUT2D eigenvalue weighted by Gasteiger charge is 2.31. The minimum Gasteiger partial charge on any atom is -0.379 e. The Hall–Kier alpha value is -1.24. The van der Waals surface area contributed by atoms with Crippen molar-refractivity contribution in [3.8, 4) is 0 Å². The summed E-state index contributed by atoms with van der Waals surface area (Å²) < 4.78 is 5.40. The minimum atomic E-state index is 0.238. The average Bonchev–Trinajstić information content (AvgIpc) is 2.97. The first-order chi connectivity index (χ1) is 10.2. The molecule has 0 amide bonds. The summed E-state index contributed by atoms with van der Waals surface area (Å²) in [6.45, 7) is 7.09. The molecule has 1 aromatic heterocycles. The zero-order valence-electron chi connectivity index (χ0n) is 12.1. The van der Waals surface area contributed by atoms with Crippen LogP contribution in [0.25, 0.3) is 0 Å². The van der Waals surface area contributed by atoms with Gasteiger partial charge in [-0.1, -0.05) is 11.6 Å². The molecular weight excluding hydrogens is 292 g/mol. The molecule has 1 unspecified atom stereocenters. The number of anilines is 1. The van der Waals surface area contributed by atoms with Gasteiger partial charge in [0, 0.05) is 32.2 Å². The summed E-state index contributed by atoms with van der Waals surface area (Å²) in [4.78, 5) is 24.4. The van der Waals surface area contributed by atoms with Crippen LogP contribution >= 0.6 is 11.6 Å². The molecule has 2 fully saturated rings. The third kappa shape index (κ3) is 3.02. The summed E-state index contributed by atoms with van der Waals surface area (Å²) in [6.07, 6.45) is 1.82. The van der Waals surface area contributed by atoms with Crippen LogP contribution in [0, 0.1) is 6.92 Å². The molecule has 0 bridgehead atoms. The number of hydrogen-bond acceptors (Lipinski definition) is 6. The highest BCUT2D eigenvalue weighted by molar-refractivity contribution is 6.32. The van der Waals surface area contributed by atoms with E-state index in [2.05, 4.69) is 19.8 Å². The van der Waals surface area contributed by atoms with Crippen LogP contribution in [0.15, 0.2) is 0 Å². The van der Waals surface area contributed by atoms with E-state index in [1.165, 1.54) is 0 Å². The Kier molecular flexibility index (Phi) is 4.37. The van der Waals surface area contributed by atoms with Gasteiger partial charge in [0.25, 0.3) is 0 Å². The van der Waals surface area contributed by atoms with Gasteiger partial charge in [-0.25, -0.2) is 9.97 Å². The van der Waals surface area contributed by atoms with Gasteiger partial charge in [-0.3, -0.25) is 9.69 Å². The molecule has 0 N–H and O–H groups in total. The molecule has 1 aromatic rings. The van der Waals surface area contributed by atoms with Crippen molar-refractivity contribution >= 4 is 23.7 Å². The van der Waals surface area contributed by atoms with Crippen molar-refractivity contribution in [3.63, 3.8) is 0 Å². The van der Waals surface area contributed by atoms with Crippen LogP contribution in [0.3, 0.4) is 0 Å². The predicted molar refractivity (Wildman–Crippen MR) is 80.2 cm³/mol. The molecule has 21 heavy (non-hydrogen) atoms. The molecule has 2 aliphatic rings. The second-order valence-corrected chi connectivity index (χ2v) is 5.81. The maximum Gasteiger partial charge on any atom is 0.156 e. The Bertz CT molecular complexity index is 534. The third-order valence-electron chi connectivity index (χ3n) is 4.13. The first-order valence-corrected chi connectivity index (χ1v) is 7.63. The summed E-state index contributed by atoms with van der Waals surface area (Å²) in [5.74, 6) is 1.26. The molecule has 1 atom stereocenters. The Balaban J connectivity index is 1.78. The molecule has 114 valence electrons. The van der Waals surface area contributed by atoms with Crippen molar-refractivity contribution in [2.75, 3.05) is 44.3 Å². The molecule has 3 heterocycles. The summed E-state index contributed by atoms with van der Waals surface area (Å²) in [6, 6.07) is 0.488. The third-order valence-corrected chi connectivity index (χ3v) is 4.42. The smallest absolute Gasteiger partial charge is 0.156 e.